The van der Waals surface area contributed by atoms with E-state index in [1.807, 2.05) is 0 Å². The number of nitrogens with zero attached hydrogens (tertiary/aromatic N) is 4. The number of thiocarbonyl (C=S) groups is 1. The van der Waals surface area contributed by atoms with Crippen LogP contribution in [0.2, 0.25) is 0 Å². The fourth-order valence-electron chi connectivity index (χ4n) is 4.53. The van der Waals surface area contributed by atoms with Crippen LogP contribution >= 0.6 is 12.2 Å². The summed E-state index contributed by atoms with van der Waals surface area (Å²) in [5.74, 6) is 3.47. The lowest BCUT2D eigenvalue weighted by Gasteiger charge is -2.36. The quantitative estimate of drug-likeness (QED) is 0.674. The van der Waals surface area contributed by atoms with Crippen molar-refractivity contribution >= 4 is 34.9 Å². The minimum Gasteiger partial charge on any atom is -0.358 e. The first-order chi connectivity index (χ1) is 15.0. The second kappa shape index (κ2) is 9.77. The Bertz CT molecular complexity index is 889. The van der Waals surface area contributed by atoms with Gasteiger partial charge in [-0.15, -0.1) is 0 Å². The van der Waals surface area contributed by atoms with Crippen molar-refractivity contribution in [1.82, 2.24) is 15.3 Å². The van der Waals surface area contributed by atoms with Gasteiger partial charge in [0.1, 0.15) is 17.5 Å². The molecule has 4 rings (SSSR count). The summed E-state index contributed by atoms with van der Waals surface area (Å²) in [6.07, 6.45) is 3.64. The Hall–Kier alpha value is -2.48. The molecule has 166 valence electrons. The van der Waals surface area contributed by atoms with Gasteiger partial charge in [0, 0.05) is 38.8 Å². The topological polar surface area (TPSA) is 56.3 Å². The van der Waals surface area contributed by atoms with Gasteiger partial charge >= 0.3 is 0 Å². The van der Waals surface area contributed by atoms with Gasteiger partial charge in [-0.05, 0) is 61.0 Å². The average Bonchev–Trinajstić information content (AvgIpc) is 3.27. The third-order valence-electron chi connectivity index (χ3n) is 5.91. The van der Waals surface area contributed by atoms with E-state index in [-0.39, 0.29) is 5.82 Å². The van der Waals surface area contributed by atoms with E-state index < -0.39 is 0 Å². The number of hydrogen-bond donors (Lipinski definition) is 2. The van der Waals surface area contributed by atoms with E-state index in [9.17, 15) is 4.39 Å². The predicted molar refractivity (Wildman–Crippen MR) is 128 cm³/mol. The maximum atomic E-state index is 13.1. The standard InChI is InChI=1S/C23H31FN6S/c1-16-11-17(2)15-30(14-16)21-12-20(29-9-3-4-10-29)26-22(27-21)28-23(31)25-13-18-5-7-19(24)8-6-18/h5-8,12,16-17H,3-4,9-11,13-15H2,1-2H3,(H2,25,26,27,28,31)/t16-,17-/m0/s1. The number of benzene rings is 1. The van der Waals surface area contributed by atoms with E-state index in [1.165, 1.54) is 31.4 Å². The number of aromatic nitrogens is 2. The van der Waals surface area contributed by atoms with Crippen LogP contribution in [0.4, 0.5) is 22.0 Å². The first-order valence-electron chi connectivity index (χ1n) is 11.1. The van der Waals surface area contributed by atoms with Crippen LogP contribution in [0.3, 0.4) is 0 Å². The summed E-state index contributed by atoms with van der Waals surface area (Å²) in [4.78, 5) is 14.3. The van der Waals surface area contributed by atoms with Crippen molar-refractivity contribution < 1.29 is 4.39 Å². The molecule has 2 saturated heterocycles. The third kappa shape index (κ3) is 5.81. The lowest BCUT2D eigenvalue weighted by Crippen LogP contribution is -2.39. The first kappa shape index (κ1) is 21.7. The fraction of sp³-hybridized carbons (Fsp3) is 0.522. The average molecular weight is 443 g/mol. The number of hydrogen-bond acceptors (Lipinski definition) is 5. The molecule has 0 bridgehead atoms. The van der Waals surface area contributed by atoms with Crippen LogP contribution in [0.5, 0.6) is 0 Å². The number of rotatable bonds is 5. The Morgan fingerprint density at radius 2 is 1.65 bits per heavy atom. The second-order valence-corrected chi connectivity index (χ2v) is 9.30. The van der Waals surface area contributed by atoms with E-state index in [0.29, 0.717) is 29.4 Å². The molecule has 1 aromatic heterocycles. The second-order valence-electron chi connectivity index (χ2n) is 8.89. The largest absolute Gasteiger partial charge is 0.358 e. The van der Waals surface area contributed by atoms with Crippen LogP contribution in [0.15, 0.2) is 30.3 Å². The molecule has 2 aliphatic rings. The van der Waals surface area contributed by atoms with E-state index in [2.05, 4.69) is 40.3 Å². The molecule has 0 unspecified atom stereocenters. The van der Waals surface area contributed by atoms with Crippen LogP contribution in [0.1, 0.15) is 38.7 Å². The molecule has 2 atom stereocenters. The van der Waals surface area contributed by atoms with Crippen molar-refractivity contribution in [3.63, 3.8) is 0 Å². The highest BCUT2D eigenvalue weighted by atomic mass is 32.1. The smallest absolute Gasteiger partial charge is 0.232 e. The summed E-state index contributed by atoms with van der Waals surface area (Å²) >= 11 is 5.47. The molecule has 8 heteroatoms. The van der Waals surface area contributed by atoms with Gasteiger partial charge in [-0.2, -0.15) is 9.97 Å². The van der Waals surface area contributed by atoms with Crippen molar-refractivity contribution in [3.05, 3.63) is 41.7 Å². The van der Waals surface area contributed by atoms with E-state index in [1.54, 1.807) is 12.1 Å². The summed E-state index contributed by atoms with van der Waals surface area (Å²) in [5.41, 5.74) is 0.953. The van der Waals surface area contributed by atoms with Crippen LogP contribution < -0.4 is 20.4 Å². The Morgan fingerprint density at radius 3 is 2.29 bits per heavy atom. The van der Waals surface area contributed by atoms with Crippen molar-refractivity contribution in [2.24, 2.45) is 11.8 Å². The number of piperidine rings is 1. The zero-order valence-electron chi connectivity index (χ0n) is 18.3. The highest BCUT2D eigenvalue weighted by Gasteiger charge is 2.25. The lowest BCUT2D eigenvalue weighted by molar-refractivity contribution is 0.355. The minimum atomic E-state index is -0.245. The van der Waals surface area contributed by atoms with Crippen LogP contribution in [-0.4, -0.2) is 41.3 Å². The maximum Gasteiger partial charge on any atom is 0.232 e. The van der Waals surface area contributed by atoms with Gasteiger partial charge in [0.15, 0.2) is 5.11 Å². The van der Waals surface area contributed by atoms with Gasteiger partial charge in [-0.1, -0.05) is 26.0 Å². The molecule has 0 amide bonds. The Balaban J connectivity index is 1.49. The summed E-state index contributed by atoms with van der Waals surface area (Å²) in [7, 11) is 0. The number of anilines is 3. The van der Waals surface area contributed by atoms with Gasteiger partial charge in [-0.3, -0.25) is 0 Å². The van der Waals surface area contributed by atoms with E-state index in [0.717, 1.165) is 43.4 Å². The Kier molecular flexibility index (Phi) is 6.85. The van der Waals surface area contributed by atoms with Crippen molar-refractivity contribution in [3.8, 4) is 0 Å². The monoisotopic (exact) mass is 442 g/mol. The maximum absolute atomic E-state index is 13.1. The summed E-state index contributed by atoms with van der Waals surface area (Å²) in [6.45, 7) is 9.18. The molecule has 31 heavy (non-hydrogen) atoms. The highest BCUT2D eigenvalue weighted by molar-refractivity contribution is 7.80. The molecule has 2 aliphatic heterocycles. The van der Waals surface area contributed by atoms with Crippen LogP contribution in [0, 0.1) is 17.7 Å². The van der Waals surface area contributed by atoms with Gasteiger partial charge in [-0.25, -0.2) is 4.39 Å². The predicted octanol–water partition coefficient (Wildman–Crippen LogP) is 4.18. The number of halogens is 1. The summed E-state index contributed by atoms with van der Waals surface area (Å²) in [6, 6.07) is 8.50. The zero-order chi connectivity index (χ0) is 21.8. The molecule has 1 aromatic carbocycles. The van der Waals surface area contributed by atoms with Crippen LogP contribution in [-0.2, 0) is 6.54 Å². The summed E-state index contributed by atoms with van der Waals surface area (Å²) < 4.78 is 13.1. The van der Waals surface area contributed by atoms with E-state index >= 15 is 0 Å². The molecule has 0 aliphatic carbocycles. The number of nitrogens with one attached hydrogen (secondary N) is 2. The van der Waals surface area contributed by atoms with Gasteiger partial charge in [0.05, 0.1) is 0 Å². The lowest BCUT2D eigenvalue weighted by atomic mass is 9.92. The molecule has 2 N–H and O–H groups in total. The molecule has 3 heterocycles. The van der Waals surface area contributed by atoms with Crippen LogP contribution in [0.25, 0.3) is 0 Å². The summed E-state index contributed by atoms with van der Waals surface area (Å²) in [5, 5.41) is 6.77. The molecule has 2 aromatic rings. The molecule has 0 spiro atoms. The molecule has 2 fully saturated rings. The third-order valence-corrected chi connectivity index (χ3v) is 6.16. The van der Waals surface area contributed by atoms with Gasteiger partial charge in [0.2, 0.25) is 5.95 Å². The molecular weight excluding hydrogens is 411 g/mol. The van der Waals surface area contributed by atoms with Gasteiger partial charge in [0.25, 0.3) is 0 Å². The Morgan fingerprint density at radius 1 is 1.03 bits per heavy atom. The van der Waals surface area contributed by atoms with Gasteiger partial charge < -0.3 is 20.4 Å². The van der Waals surface area contributed by atoms with Crippen molar-refractivity contribution in [2.45, 2.75) is 39.7 Å². The molecule has 0 radical (unpaired) electrons. The zero-order valence-corrected chi connectivity index (χ0v) is 19.1. The van der Waals surface area contributed by atoms with Crippen molar-refractivity contribution in [1.29, 1.82) is 0 Å². The Labute approximate surface area is 189 Å². The minimum absolute atomic E-state index is 0.245. The SMILES string of the molecule is C[C@H]1C[C@H](C)CN(c2cc(N3CCCC3)nc(NC(=S)NCc3ccc(F)cc3)n2)C1. The van der Waals surface area contributed by atoms with E-state index in [4.69, 9.17) is 22.2 Å². The molecule has 6 nitrogen and oxygen atoms in total. The molecular formula is C23H31FN6S. The normalized spacial score (nSPS) is 21.3. The van der Waals surface area contributed by atoms with Crippen molar-refractivity contribution in [2.75, 3.05) is 41.3 Å². The fourth-order valence-corrected chi connectivity index (χ4v) is 4.69. The first-order valence-corrected chi connectivity index (χ1v) is 11.6. The molecule has 0 saturated carbocycles. The highest BCUT2D eigenvalue weighted by Crippen LogP contribution is 2.29.